The number of hydrogen-bond donors (Lipinski definition) is 1. The van der Waals surface area contributed by atoms with E-state index in [1.807, 2.05) is 12.1 Å². The van der Waals surface area contributed by atoms with E-state index in [0.29, 0.717) is 24.2 Å². The number of piperidine rings is 2. The van der Waals surface area contributed by atoms with Crippen molar-refractivity contribution in [3.8, 4) is 0 Å². The summed E-state index contributed by atoms with van der Waals surface area (Å²) < 4.78 is 13.1. The quantitative estimate of drug-likeness (QED) is 0.905. The molecule has 2 saturated heterocycles. The Morgan fingerprint density at radius 3 is 2.38 bits per heavy atom. The Hall–Kier alpha value is -0.930. The van der Waals surface area contributed by atoms with E-state index < -0.39 is 0 Å². The standard InChI is InChI=1S/C18H27FN2/c1-3-20-16-11-17-5-4-6-18(12-16)21(17)13(2)14-7-9-15(19)10-8-14/h7-10,13,16-18,20H,3-6,11-12H2,1-2H3. The fourth-order valence-electron chi connectivity index (χ4n) is 4.42. The average Bonchev–Trinajstić information content (AvgIpc) is 2.47. The highest BCUT2D eigenvalue weighted by Crippen LogP contribution is 2.39. The first-order chi connectivity index (χ1) is 10.2. The normalized spacial score (nSPS) is 31.1. The molecule has 2 heterocycles. The number of nitrogens with zero attached hydrogens (tertiary/aromatic N) is 1. The zero-order valence-electron chi connectivity index (χ0n) is 13.2. The van der Waals surface area contributed by atoms with Gasteiger partial charge in [-0.1, -0.05) is 25.5 Å². The Morgan fingerprint density at radius 1 is 1.19 bits per heavy atom. The van der Waals surface area contributed by atoms with Gasteiger partial charge in [-0.3, -0.25) is 4.90 Å². The summed E-state index contributed by atoms with van der Waals surface area (Å²) in [7, 11) is 0. The van der Waals surface area contributed by atoms with Gasteiger partial charge in [0.25, 0.3) is 0 Å². The van der Waals surface area contributed by atoms with Crippen LogP contribution in [0.15, 0.2) is 24.3 Å². The number of rotatable bonds is 4. The van der Waals surface area contributed by atoms with E-state index in [1.54, 1.807) is 12.1 Å². The van der Waals surface area contributed by atoms with Crippen molar-refractivity contribution < 1.29 is 4.39 Å². The van der Waals surface area contributed by atoms with Crippen LogP contribution in [0.25, 0.3) is 0 Å². The Kier molecular flexibility index (Phi) is 4.60. The highest BCUT2D eigenvalue weighted by Gasteiger charge is 2.40. The van der Waals surface area contributed by atoms with E-state index in [-0.39, 0.29) is 5.82 Å². The SMILES string of the molecule is CCNC1CC2CCCC(C1)N2C(C)c1ccc(F)cc1. The zero-order valence-corrected chi connectivity index (χ0v) is 13.2. The summed E-state index contributed by atoms with van der Waals surface area (Å²) >= 11 is 0. The number of fused-ring (bicyclic) bond motifs is 2. The van der Waals surface area contributed by atoms with Crippen LogP contribution in [0.4, 0.5) is 4.39 Å². The Bertz CT molecular complexity index is 445. The van der Waals surface area contributed by atoms with E-state index in [4.69, 9.17) is 0 Å². The van der Waals surface area contributed by atoms with E-state index in [1.165, 1.54) is 37.7 Å². The fourth-order valence-corrected chi connectivity index (χ4v) is 4.42. The second-order valence-corrected chi connectivity index (χ2v) is 6.64. The third kappa shape index (κ3) is 3.14. The highest BCUT2D eigenvalue weighted by atomic mass is 19.1. The molecule has 3 unspecified atom stereocenters. The predicted molar refractivity (Wildman–Crippen MR) is 84.8 cm³/mol. The van der Waals surface area contributed by atoms with Gasteiger partial charge >= 0.3 is 0 Å². The molecule has 2 nitrogen and oxygen atoms in total. The summed E-state index contributed by atoms with van der Waals surface area (Å²) in [6.07, 6.45) is 6.50. The molecular weight excluding hydrogens is 263 g/mol. The van der Waals surface area contributed by atoms with E-state index in [0.717, 1.165) is 6.54 Å². The van der Waals surface area contributed by atoms with Crippen molar-refractivity contribution in [3.05, 3.63) is 35.6 Å². The van der Waals surface area contributed by atoms with E-state index in [9.17, 15) is 4.39 Å². The van der Waals surface area contributed by atoms with Gasteiger partial charge in [0.1, 0.15) is 5.82 Å². The van der Waals surface area contributed by atoms with Gasteiger partial charge in [-0.15, -0.1) is 0 Å². The van der Waals surface area contributed by atoms with Gasteiger partial charge in [0.2, 0.25) is 0 Å². The molecule has 0 radical (unpaired) electrons. The maximum absolute atomic E-state index is 13.1. The molecule has 0 amide bonds. The summed E-state index contributed by atoms with van der Waals surface area (Å²) in [5.41, 5.74) is 1.25. The maximum Gasteiger partial charge on any atom is 0.123 e. The third-order valence-corrected chi connectivity index (χ3v) is 5.32. The van der Waals surface area contributed by atoms with E-state index >= 15 is 0 Å². The second kappa shape index (κ2) is 6.45. The summed E-state index contributed by atoms with van der Waals surface area (Å²) in [5, 5.41) is 3.64. The Balaban J connectivity index is 1.76. The molecule has 1 N–H and O–H groups in total. The first-order valence-corrected chi connectivity index (χ1v) is 8.45. The molecule has 0 saturated carbocycles. The Labute approximate surface area is 127 Å². The van der Waals surface area contributed by atoms with Crippen molar-refractivity contribution in [2.75, 3.05) is 6.54 Å². The predicted octanol–water partition coefficient (Wildman–Crippen LogP) is 3.88. The smallest absolute Gasteiger partial charge is 0.123 e. The molecule has 2 aliphatic rings. The molecule has 116 valence electrons. The molecule has 3 heteroatoms. The molecule has 3 rings (SSSR count). The average molecular weight is 290 g/mol. The van der Waals surface area contributed by atoms with Crippen molar-refractivity contribution in [1.29, 1.82) is 0 Å². The molecule has 2 aliphatic heterocycles. The summed E-state index contributed by atoms with van der Waals surface area (Å²) in [6, 6.07) is 9.52. The van der Waals surface area contributed by atoms with Crippen LogP contribution >= 0.6 is 0 Å². The lowest BCUT2D eigenvalue weighted by molar-refractivity contribution is -0.00602. The van der Waals surface area contributed by atoms with Gasteiger partial charge in [-0.25, -0.2) is 4.39 Å². The van der Waals surface area contributed by atoms with Crippen LogP contribution in [0.5, 0.6) is 0 Å². The minimum absolute atomic E-state index is 0.142. The molecule has 2 fully saturated rings. The first-order valence-electron chi connectivity index (χ1n) is 8.45. The second-order valence-electron chi connectivity index (χ2n) is 6.64. The fraction of sp³-hybridized carbons (Fsp3) is 0.667. The van der Waals surface area contributed by atoms with Gasteiger partial charge in [0.15, 0.2) is 0 Å². The largest absolute Gasteiger partial charge is 0.314 e. The van der Waals surface area contributed by atoms with Crippen molar-refractivity contribution in [2.24, 2.45) is 0 Å². The first kappa shape index (κ1) is 15.0. The van der Waals surface area contributed by atoms with Gasteiger partial charge in [0, 0.05) is 24.2 Å². The lowest BCUT2D eigenvalue weighted by Gasteiger charge is -2.52. The zero-order chi connectivity index (χ0) is 14.8. The molecular formula is C18H27FN2. The van der Waals surface area contributed by atoms with Gasteiger partial charge < -0.3 is 5.32 Å². The summed E-state index contributed by atoms with van der Waals surface area (Å²) in [4.78, 5) is 2.71. The molecule has 3 atom stereocenters. The summed E-state index contributed by atoms with van der Waals surface area (Å²) in [5.74, 6) is -0.142. The van der Waals surface area contributed by atoms with Crippen LogP contribution < -0.4 is 5.32 Å². The monoisotopic (exact) mass is 290 g/mol. The van der Waals surface area contributed by atoms with Crippen molar-refractivity contribution in [2.45, 2.75) is 70.1 Å². The Morgan fingerprint density at radius 2 is 1.81 bits per heavy atom. The molecule has 1 aromatic carbocycles. The van der Waals surface area contributed by atoms with E-state index in [2.05, 4.69) is 24.1 Å². The number of hydrogen-bond acceptors (Lipinski definition) is 2. The van der Waals surface area contributed by atoms with Crippen LogP contribution in [0.3, 0.4) is 0 Å². The van der Waals surface area contributed by atoms with Crippen molar-refractivity contribution in [3.63, 3.8) is 0 Å². The lowest BCUT2D eigenvalue weighted by Crippen LogP contribution is -2.56. The molecule has 0 aromatic heterocycles. The highest BCUT2D eigenvalue weighted by molar-refractivity contribution is 5.20. The molecule has 0 aliphatic carbocycles. The molecule has 0 spiro atoms. The van der Waals surface area contributed by atoms with Crippen LogP contribution in [0.2, 0.25) is 0 Å². The third-order valence-electron chi connectivity index (χ3n) is 5.32. The van der Waals surface area contributed by atoms with Gasteiger partial charge in [-0.05, 0) is 56.8 Å². The molecule has 1 aromatic rings. The van der Waals surface area contributed by atoms with Crippen LogP contribution in [-0.2, 0) is 0 Å². The minimum Gasteiger partial charge on any atom is -0.314 e. The molecule has 21 heavy (non-hydrogen) atoms. The number of benzene rings is 1. The number of halogens is 1. The minimum atomic E-state index is -0.142. The van der Waals surface area contributed by atoms with Crippen molar-refractivity contribution >= 4 is 0 Å². The van der Waals surface area contributed by atoms with Crippen molar-refractivity contribution in [1.82, 2.24) is 10.2 Å². The van der Waals surface area contributed by atoms with Gasteiger partial charge in [0.05, 0.1) is 0 Å². The lowest BCUT2D eigenvalue weighted by atomic mass is 9.80. The van der Waals surface area contributed by atoms with Crippen LogP contribution in [-0.4, -0.2) is 29.6 Å². The van der Waals surface area contributed by atoms with Crippen LogP contribution in [0, 0.1) is 5.82 Å². The summed E-state index contributed by atoms with van der Waals surface area (Å²) in [6.45, 7) is 5.55. The molecule has 2 bridgehead atoms. The van der Waals surface area contributed by atoms with Gasteiger partial charge in [-0.2, -0.15) is 0 Å². The topological polar surface area (TPSA) is 15.3 Å². The maximum atomic E-state index is 13.1. The number of nitrogens with one attached hydrogen (secondary N) is 1. The van der Waals surface area contributed by atoms with Crippen LogP contribution in [0.1, 0.15) is 57.6 Å².